The van der Waals surface area contributed by atoms with E-state index in [4.69, 9.17) is 4.74 Å². The van der Waals surface area contributed by atoms with Crippen LogP contribution in [0.2, 0.25) is 0 Å². The van der Waals surface area contributed by atoms with Gasteiger partial charge in [0.05, 0.1) is 11.5 Å². The first-order valence-corrected chi connectivity index (χ1v) is 6.08. The smallest absolute Gasteiger partial charge is 0.309 e. The van der Waals surface area contributed by atoms with Gasteiger partial charge in [0.25, 0.3) is 0 Å². The van der Waals surface area contributed by atoms with E-state index in [0.717, 1.165) is 51.6 Å². The summed E-state index contributed by atoms with van der Waals surface area (Å²) in [5.74, 6) is -0.603. The van der Waals surface area contributed by atoms with Crippen molar-refractivity contribution in [2.24, 2.45) is 5.41 Å². The Morgan fingerprint density at radius 2 is 2.00 bits per heavy atom. The first kappa shape index (κ1) is 10.9. The molecule has 0 radical (unpaired) electrons. The third-order valence-corrected chi connectivity index (χ3v) is 3.91. The number of hydrogen-bond acceptors (Lipinski definition) is 2. The van der Waals surface area contributed by atoms with Gasteiger partial charge >= 0.3 is 5.97 Å². The number of carbonyl (C=O) groups is 1. The summed E-state index contributed by atoms with van der Waals surface area (Å²) < 4.78 is 5.65. The van der Waals surface area contributed by atoms with E-state index in [1.54, 1.807) is 0 Å². The first-order chi connectivity index (χ1) is 7.23. The van der Waals surface area contributed by atoms with E-state index >= 15 is 0 Å². The monoisotopic (exact) mass is 212 g/mol. The molecular weight excluding hydrogens is 192 g/mol. The third-order valence-electron chi connectivity index (χ3n) is 3.91. The maximum atomic E-state index is 11.3. The Bertz CT molecular complexity index is 225. The molecule has 3 nitrogen and oxygen atoms in total. The second kappa shape index (κ2) is 4.52. The van der Waals surface area contributed by atoms with Crippen molar-refractivity contribution in [2.75, 3.05) is 6.61 Å². The predicted octanol–water partition coefficient (Wildman–Crippen LogP) is 2.59. The zero-order chi connectivity index (χ0) is 10.7. The molecule has 15 heavy (non-hydrogen) atoms. The fraction of sp³-hybridized carbons (Fsp3) is 0.917. The summed E-state index contributed by atoms with van der Waals surface area (Å²) in [6.07, 6.45) is 8.16. The van der Waals surface area contributed by atoms with Crippen LogP contribution in [0.1, 0.15) is 51.4 Å². The quantitative estimate of drug-likeness (QED) is 0.782. The van der Waals surface area contributed by atoms with E-state index < -0.39 is 11.4 Å². The van der Waals surface area contributed by atoms with Crippen molar-refractivity contribution in [3.8, 4) is 0 Å². The normalized spacial score (nSPS) is 30.3. The van der Waals surface area contributed by atoms with Crippen LogP contribution in [0.25, 0.3) is 0 Å². The average molecular weight is 212 g/mol. The molecule has 86 valence electrons. The van der Waals surface area contributed by atoms with Crippen LogP contribution >= 0.6 is 0 Å². The molecule has 0 aromatic rings. The number of carboxylic acid groups (broad SMARTS) is 1. The molecule has 1 N–H and O–H groups in total. The van der Waals surface area contributed by atoms with E-state index in [9.17, 15) is 9.90 Å². The largest absolute Gasteiger partial charge is 0.481 e. The summed E-state index contributed by atoms with van der Waals surface area (Å²) >= 11 is 0. The fourth-order valence-corrected chi connectivity index (χ4v) is 2.96. The van der Waals surface area contributed by atoms with Crippen molar-refractivity contribution in [2.45, 2.75) is 57.5 Å². The molecular formula is C12H20O3. The van der Waals surface area contributed by atoms with Crippen molar-refractivity contribution in [1.82, 2.24) is 0 Å². The minimum Gasteiger partial charge on any atom is -0.481 e. The van der Waals surface area contributed by atoms with E-state index in [1.165, 1.54) is 6.42 Å². The van der Waals surface area contributed by atoms with Gasteiger partial charge in [0.1, 0.15) is 0 Å². The first-order valence-electron chi connectivity index (χ1n) is 6.08. The van der Waals surface area contributed by atoms with Crippen LogP contribution in [0.3, 0.4) is 0 Å². The lowest BCUT2D eigenvalue weighted by molar-refractivity contribution is -0.152. The van der Waals surface area contributed by atoms with E-state index in [-0.39, 0.29) is 6.10 Å². The summed E-state index contributed by atoms with van der Waals surface area (Å²) in [7, 11) is 0. The molecule has 1 aliphatic heterocycles. The lowest BCUT2D eigenvalue weighted by atomic mass is 9.79. The van der Waals surface area contributed by atoms with Crippen LogP contribution in [0.5, 0.6) is 0 Å². The molecule has 0 bridgehead atoms. The number of ether oxygens (including phenoxy) is 1. The summed E-state index contributed by atoms with van der Waals surface area (Å²) in [6, 6.07) is 0. The topological polar surface area (TPSA) is 46.5 Å². The number of rotatable bonds is 3. The Balaban J connectivity index is 1.96. The zero-order valence-electron chi connectivity index (χ0n) is 9.21. The average Bonchev–Trinajstić information content (AvgIpc) is 2.69. The number of aliphatic carboxylic acids is 1. The highest BCUT2D eigenvalue weighted by atomic mass is 16.5. The molecule has 1 atom stereocenters. The molecule has 1 saturated heterocycles. The van der Waals surface area contributed by atoms with Gasteiger partial charge in [-0.25, -0.2) is 0 Å². The Morgan fingerprint density at radius 3 is 2.53 bits per heavy atom. The van der Waals surface area contributed by atoms with Crippen LogP contribution in [0.4, 0.5) is 0 Å². The lowest BCUT2D eigenvalue weighted by Gasteiger charge is -2.31. The van der Waals surface area contributed by atoms with Gasteiger partial charge in [-0.3, -0.25) is 4.79 Å². The molecule has 1 aliphatic carbocycles. The van der Waals surface area contributed by atoms with Crippen LogP contribution in [-0.4, -0.2) is 23.8 Å². The molecule has 0 aromatic carbocycles. The standard InChI is InChI=1S/C12H20O3/c13-11(14)12(6-2-3-7-12)9-10-5-1-4-8-15-10/h10H,1-9H2,(H,13,14). The van der Waals surface area contributed by atoms with Gasteiger partial charge in [-0.1, -0.05) is 12.8 Å². The van der Waals surface area contributed by atoms with Crippen molar-refractivity contribution < 1.29 is 14.6 Å². The maximum absolute atomic E-state index is 11.3. The summed E-state index contributed by atoms with van der Waals surface area (Å²) in [6.45, 7) is 0.820. The summed E-state index contributed by atoms with van der Waals surface area (Å²) in [4.78, 5) is 11.3. The minimum atomic E-state index is -0.603. The Hall–Kier alpha value is -0.570. The molecule has 0 aromatic heterocycles. The van der Waals surface area contributed by atoms with Gasteiger partial charge in [-0.2, -0.15) is 0 Å². The second-order valence-electron chi connectivity index (χ2n) is 4.99. The molecule has 2 fully saturated rings. The number of carboxylic acids is 1. The summed E-state index contributed by atoms with van der Waals surface area (Å²) in [5, 5.41) is 9.34. The molecule has 2 rings (SSSR count). The molecule has 1 saturated carbocycles. The number of hydrogen-bond donors (Lipinski definition) is 1. The van der Waals surface area contributed by atoms with Crippen LogP contribution in [0.15, 0.2) is 0 Å². The lowest BCUT2D eigenvalue weighted by Crippen LogP contribution is -2.34. The van der Waals surface area contributed by atoms with Gasteiger partial charge in [0.2, 0.25) is 0 Å². The molecule has 0 amide bonds. The summed E-state index contributed by atoms with van der Waals surface area (Å²) in [5.41, 5.74) is -0.456. The van der Waals surface area contributed by atoms with Gasteiger partial charge in [0, 0.05) is 6.61 Å². The Labute approximate surface area is 90.8 Å². The van der Waals surface area contributed by atoms with Crippen LogP contribution in [-0.2, 0) is 9.53 Å². The van der Waals surface area contributed by atoms with Crippen molar-refractivity contribution in [3.63, 3.8) is 0 Å². The van der Waals surface area contributed by atoms with Gasteiger partial charge in [-0.05, 0) is 38.5 Å². The molecule has 3 heteroatoms. The molecule has 2 aliphatic rings. The van der Waals surface area contributed by atoms with Crippen molar-refractivity contribution in [1.29, 1.82) is 0 Å². The van der Waals surface area contributed by atoms with Crippen LogP contribution < -0.4 is 0 Å². The molecule has 1 heterocycles. The highest BCUT2D eigenvalue weighted by molar-refractivity contribution is 5.75. The van der Waals surface area contributed by atoms with Crippen molar-refractivity contribution in [3.05, 3.63) is 0 Å². The van der Waals surface area contributed by atoms with E-state index in [1.807, 2.05) is 0 Å². The SMILES string of the molecule is O=C(O)C1(CC2CCCCO2)CCCC1. The second-order valence-corrected chi connectivity index (χ2v) is 4.99. The highest BCUT2D eigenvalue weighted by Gasteiger charge is 2.43. The maximum Gasteiger partial charge on any atom is 0.309 e. The predicted molar refractivity (Wildman–Crippen MR) is 56.7 cm³/mol. The highest BCUT2D eigenvalue weighted by Crippen LogP contribution is 2.43. The van der Waals surface area contributed by atoms with Crippen LogP contribution in [0, 0.1) is 5.41 Å². The van der Waals surface area contributed by atoms with Gasteiger partial charge < -0.3 is 9.84 Å². The Morgan fingerprint density at radius 1 is 1.27 bits per heavy atom. The molecule has 1 unspecified atom stereocenters. The Kier molecular flexibility index (Phi) is 3.29. The van der Waals surface area contributed by atoms with E-state index in [2.05, 4.69) is 0 Å². The minimum absolute atomic E-state index is 0.202. The van der Waals surface area contributed by atoms with E-state index in [0.29, 0.717) is 0 Å². The molecule has 0 spiro atoms. The third kappa shape index (κ3) is 2.33. The van der Waals surface area contributed by atoms with Gasteiger partial charge in [0.15, 0.2) is 0 Å². The van der Waals surface area contributed by atoms with Crippen molar-refractivity contribution >= 4 is 5.97 Å². The zero-order valence-corrected chi connectivity index (χ0v) is 9.21. The fourth-order valence-electron chi connectivity index (χ4n) is 2.96. The van der Waals surface area contributed by atoms with Gasteiger partial charge in [-0.15, -0.1) is 0 Å².